The second-order valence-electron chi connectivity index (χ2n) is 5.55. The number of ether oxygens (including phenoxy) is 3. The van der Waals surface area contributed by atoms with Gasteiger partial charge in [-0.05, 0) is 24.0 Å². The molecule has 2 amide bonds. The number of amides is 2. The number of hydrogen-bond donors (Lipinski definition) is 2. The number of carbonyl (C=O) groups excluding carboxylic acids is 2. The van der Waals surface area contributed by atoms with Crippen LogP contribution in [0.3, 0.4) is 0 Å². The second kappa shape index (κ2) is 8.11. The third-order valence-electron chi connectivity index (χ3n) is 4.08. The van der Waals surface area contributed by atoms with E-state index in [0.29, 0.717) is 17.3 Å². The van der Waals surface area contributed by atoms with E-state index in [9.17, 15) is 32.7 Å². The molecule has 2 rings (SSSR count). The summed E-state index contributed by atoms with van der Waals surface area (Å²) in [4.78, 5) is 34.7. The fourth-order valence-corrected chi connectivity index (χ4v) is 5.01. The number of alkyl carbamates (subject to hydrolysis) is 1. The van der Waals surface area contributed by atoms with Gasteiger partial charge in [-0.15, -0.1) is 11.8 Å². The Hall–Kier alpha value is -2.46. The van der Waals surface area contributed by atoms with Crippen LogP contribution < -0.4 is 5.32 Å². The Morgan fingerprint density at radius 2 is 1.90 bits per heavy atom. The lowest BCUT2D eigenvalue weighted by Crippen LogP contribution is -2.88. The zero-order valence-electron chi connectivity index (χ0n) is 15.3. The minimum atomic E-state index is -5.02. The summed E-state index contributed by atoms with van der Waals surface area (Å²) in [6.45, 7) is -0.306. The van der Waals surface area contributed by atoms with Crippen LogP contribution in [0.15, 0.2) is 24.3 Å². The molecule has 13 nitrogen and oxygen atoms in total. The van der Waals surface area contributed by atoms with Crippen LogP contribution in [0.2, 0.25) is 0 Å². The molecule has 0 bridgehead atoms. The van der Waals surface area contributed by atoms with Crippen molar-refractivity contribution < 1.29 is 41.7 Å². The van der Waals surface area contributed by atoms with Crippen LogP contribution in [0.4, 0.5) is 10.5 Å². The van der Waals surface area contributed by atoms with E-state index in [-0.39, 0.29) is 16.6 Å². The standard InChI is InChI=1S/C14H17N3O10S2/c1-25-13(11(18)16(29(22,23)24)14(13,26-2)28-3)15-12(19)27-8-9-4-6-10(7-5-9)17(20)21/h4-7H,8H2,1-3H3,(H,15,19)(H,22,23,24)/t13-,14-/m0/s1. The van der Waals surface area contributed by atoms with Crippen molar-refractivity contribution in [3.63, 3.8) is 0 Å². The molecule has 2 N–H and O–H groups in total. The number of thioether (sulfide) groups is 1. The summed E-state index contributed by atoms with van der Waals surface area (Å²) < 4.78 is 47.6. The Morgan fingerprint density at radius 3 is 2.31 bits per heavy atom. The fraction of sp³-hybridized carbons (Fsp3) is 0.429. The highest BCUT2D eigenvalue weighted by Gasteiger charge is 2.79. The number of non-ortho nitro benzene ring substituents is 1. The van der Waals surface area contributed by atoms with E-state index in [1.165, 1.54) is 30.5 Å². The molecule has 2 atom stereocenters. The Balaban J connectivity index is 2.18. The first-order valence-electron chi connectivity index (χ1n) is 7.65. The van der Waals surface area contributed by atoms with Crippen molar-refractivity contribution in [1.29, 1.82) is 0 Å². The lowest BCUT2D eigenvalue weighted by atomic mass is 10.0. The van der Waals surface area contributed by atoms with E-state index in [1.54, 1.807) is 0 Å². The predicted octanol–water partition coefficient (Wildman–Crippen LogP) is 0.472. The first-order chi connectivity index (χ1) is 13.5. The molecule has 15 heteroatoms. The molecule has 0 saturated carbocycles. The number of nitrogens with one attached hydrogen (secondary N) is 1. The maximum atomic E-state index is 12.4. The van der Waals surface area contributed by atoms with Gasteiger partial charge in [0, 0.05) is 26.4 Å². The van der Waals surface area contributed by atoms with E-state index < -0.39 is 38.0 Å². The minimum absolute atomic E-state index is 0.0325. The molecule has 1 heterocycles. The molecule has 0 aromatic heterocycles. The van der Waals surface area contributed by atoms with E-state index in [0.717, 1.165) is 14.2 Å². The van der Waals surface area contributed by atoms with E-state index in [1.807, 2.05) is 0 Å². The van der Waals surface area contributed by atoms with Gasteiger partial charge in [-0.2, -0.15) is 12.7 Å². The number of rotatable bonds is 8. The average molecular weight is 451 g/mol. The monoisotopic (exact) mass is 451 g/mol. The quantitative estimate of drug-likeness (QED) is 0.185. The molecule has 1 saturated heterocycles. The van der Waals surface area contributed by atoms with Gasteiger partial charge in [-0.3, -0.25) is 24.8 Å². The average Bonchev–Trinajstić information content (AvgIpc) is 2.67. The summed E-state index contributed by atoms with van der Waals surface area (Å²) >= 11 is 0.675. The molecular formula is C14H17N3O10S2. The highest BCUT2D eigenvalue weighted by Crippen LogP contribution is 2.50. The summed E-state index contributed by atoms with van der Waals surface area (Å²) in [5, 5.41) is 10.6. The van der Waals surface area contributed by atoms with Crippen LogP contribution in [0.5, 0.6) is 0 Å². The molecule has 160 valence electrons. The number of nitro benzene ring substituents is 1. The van der Waals surface area contributed by atoms with Gasteiger partial charge in [0.2, 0.25) is 0 Å². The SMILES string of the molecule is CO[C@@]1(NC(=O)OCc2ccc([N+](=O)[O-])cc2)C(=O)N(S(=O)(=O)O)[C@@]1(OC)SC. The van der Waals surface area contributed by atoms with E-state index in [4.69, 9.17) is 14.2 Å². The summed E-state index contributed by atoms with van der Waals surface area (Å²) in [5.41, 5.74) is -2.03. The number of β-lactam (4-membered cyclic amide) rings is 1. The summed E-state index contributed by atoms with van der Waals surface area (Å²) in [6.07, 6.45) is 0.204. The predicted molar refractivity (Wildman–Crippen MR) is 97.8 cm³/mol. The van der Waals surface area contributed by atoms with Gasteiger partial charge in [0.05, 0.1) is 4.92 Å². The number of nitrogens with zero attached hydrogens (tertiary/aromatic N) is 2. The molecule has 0 aliphatic carbocycles. The van der Waals surface area contributed by atoms with Crippen molar-refractivity contribution in [3.8, 4) is 0 Å². The van der Waals surface area contributed by atoms with E-state index >= 15 is 0 Å². The third-order valence-corrected chi connectivity index (χ3v) is 6.27. The van der Waals surface area contributed by atoms with Gasteiger partial charge in [0.15, 0.2) is 0 Å². The van der Waals surface area contributed by atoms with Crippen LogP contribution in [0.25, 0.3) is 0 Å². The van der Waals surface area contributed by atoms with Crippen molar-refractivity contribution in [1.82, 2.24) is 9.62 Å². The topological polar surface area (TPSA) is 175 Å². The van der Waals surface area contributed by atoms with Gasteiger partial charge in [0.1, 0.15) is 6.61 Å². The molecule has 1 aliphatic rings. The zero-order chi connectivity index (χ0) is 22.0. The van der Waals surface area contributed by atoms with E-state index in [2.05, 4.69) is 5.32 Å². The van der Waals surface area contributed by atoms with Crippen molar-refractivity contribution in [2.45, 2.75) is 17.4 Å². The highest BCUT2D eigenvalue weighted by molar-refractivity contribution is 8.00. The largest absolute Gasteiger partial charge is 0.445 e. The summed E-state index contributed by atoms with van der Waals surface area (Å²) in [6, 6.07) is 5.17. The Labute approximate surface area is 169 Å². The Kier molecular flexibility index (Phi) is 6.39. The first-order valence-corrected chi connectivity index (χ1v) is 10.3. The van der Waals surface area contributed by atoms with Gasteiger partial charge >= 0.3 is 22.3 Å². The number of nitro groups is 1. The van der Waals surface area contributed by atoms with Gasteiger partial charge in [-0.25, -0.2) is 4.79 Å². The molecule has 0 unspecified atom stereocenters. The third kappa shape index (κ3) is 3.74. The number of methoxy groups -OCH3 is 2. The maximum Gasteiger partial charge on any atom is 0.410 e. The molecule has 1 aliphatic heterocycles. The smallest absolute Gasteiger partial charge is 0.410 e. The van der Waals surface area contributed by atoms with Crippen LogP contribution in [-0.2, 0) is 35.9 Å². The van der Waals surface area contributed by atoms with Crippen LogP contribution in [0.1, 0.15) is 5.56 Å². The van der Waals surface area contributed by atoms with Crippen molar-refractivity contribution in [2.24, 2.45) is 0 Å². The molecule has 1 aromatic rings. The molecule has 0 radical (unpaired) electrons. The van der Waals surface area contributed by atoms with Gasteiger partial charge in [-0.1, -0.05) is 0 Å². The lowest BCUT2D eigenvalue weighted by Gasteiger charge is -2.57. The zero-order valence-corrected chi connectivity index (χ0v) is 17.0. The fourth-order valence-electron chi connectivity index (χ4n) is 2.74. The van der Waals surface area contributed by atoms with Gasteiger partial charge in [0.25, 0.3) is 16.5 Å². The normalized spacial score (nSPS) is 24.0. The first kappa shape index (κ1) is 22.8. The minimum Gasteiger partial charge on any atom is -0.445 e. The summed E-state index contributed by atoms with van der Waals surface area (Å²) in [5.74, 6) is -1.30. The molecular weight excluding hydrogens is 434 g/mol. The van der Waals surface area contributed by atoms with Crippen molar-refractivity contribution >= 4 is 39.8 Å². The lowest BCUT2D eigenvalue weighted by molar-refractivity contribution is -0.384. The number of hydrogen-bond acceptors (Lipinski definition) is 10. The highest BCUT2D eigenvalue weighted by atomic mass is 32.2. The second-order valence-corrected chi connectivity index (χ2v) is 7.77. The summed E-state index contributed by atoms with van der Waals surface area (Å²) in [7, 11) is -2.94. The van der Waals surface area contributed by atoms with Crippen molar-refractivity contribution in [3.05, 3.63) is 39.9 Å². The number of carbonyl (C=O) groups is 2. The maximum absolute atomic E-state index is 12.4. The number of benzene rings is 1. The van der Waals surface area contributed by atoms with Crippen LogP contribution in [0, 0.1) is 10.1 Å². The Bertz CT molecular complexity index is 916. The molecule has 1 aromatic carbocycles. The van der Waals surface area contributed by atoms with Crippen LogP contribution >= 0.6 is 11.8 Å². The molecule has 0 spiro atoms. The van der Waals surface area contributed by atoms with Crippen LogP contribution in [-0.4, -0.2) is 65.5 Å². The van der Waals surface area contributed by atoms with Crippen molar-refractivity contribution in [2.75, 3.05) is 20.5 Å². The molecule has 29 heavy (non-hydrogen) atoms. The van der Waals surface area contributed by atoms with Gasteiger partial charge < -0.3 is 14.2 Å². The Morgan fingerprint density at radius 1 is 1.31 bits per heavy atom. The molecule has 1 fully saturated rings.